The fourth-order valence-corrected chi connectivity index (χ4v) is 5.23. The van der Waals surface area contributed by atoms with Crippen LogP contribution in [0.5, 0.6) is 0 Å². The third kappa shape index (κ3) is 5.26. The molecule has 2 atom stereocenters. The molecule has 0 radical (unpaired) electrons. The number of anilines is 1. The molecule has 2 fully saturated rings. The zero-order chi connectivity index (χ0) is 18.5. The molecule has 1 saturated carbocycles. The molecule has 1 amide bonds. The molecule has 0 aromatic heterocycles. The number of amides is 1. The lowest BCUT2D eigenvalue weighted by atomic mass is 10.1. The van der Waals surface area contributed by atoms with Crippen LogP contribution in [0.4, 0.5) is 5.69 Å². The van der Waals surface area contributed by atoms with Gasteiger partial charge in [-0.3, -0.25) is 9.79 Å². The maximum Gasteiger partial charge on any atom is 0.226 e. The van der Waals surface area contributed by atoms with Gasteiger partial charge >= 0.3 is 0 Å². The molecular weight excluding hydrogens is 410 g/mol. The van der Waals surface area contributed by atoms with Gasteiger partial charge in [0.1, 0.15) is 0 Å². The first-order valence-electron chi connectivity index (χ1n) is 9.55. The van der Waals surface area contributed by atoms with Gasteiger partial charge in [-0.1, -0.05) is 60.3 Å². The van der Waals surface area contributed by atoms with Crippen molar-refractivity contribution in [1.82, 2.24) is 4.90 Å². The minimum Gasteiger partial charge on any atom is -0.350 e. The number of nitrogens with zero attached hydrogens (tertiary/aromatic N) is 2. The quantitative estimate of drug-likeness (QED) is 0.650. The molecule has 3 rings (SSSR count). The molecule has 2 unspecified atom stereocenters. The Kier molecular flexibility index (Phi) is 7.04. The number of carbonyl (C=O) groups is 1. The largest absolute Gasteiger partial charge is 0.350 e. The van der Waals surface area contributed by atoms with Crippen LogP contribution in [0.3, 0.4) is 0 Å². The van der Waals surface area contributed by atoms with Crippen LogP contribution in [0.15, 0.2) is 33.7 Å². The predicted molar refractivity (Wildman–Crippen MR) is 115 cm³/mol. The monoisotopic (exact) mass is 437 g/mol. The molecule has 142 valence electrons. The molecule has 1 aromatic rings. The highest BCUT2D eigenvalue weighted by Gasteiger charge is 2.35. The first kappa shape index (κ1) is 19.7. The van der Waals surface area contributed by atoms with Gasteiger partial charge in [0.15, 0.2) is 5.17 Å². The van der Waals surface area contributed by atoms with Gasteiger partial charge in [0, 0.05) is 28.9 Å². The van der Waals surface area contributed by atoms with E-state index in [2.05, 4.69) is 40.1 Å². The summed E-state index contributed by atoms with van der Waals surface area (Å²) in [7, 11) is 2.09. The number of thioether (sulfide) groups is 1. The van der Waals surface area contributed by atoms with Crippen molar-refractivity contribution < 1.29 is 4.79 Å². The molecule has 1 aliphatic heterocycles. The number of aliphatic imine (C=N–C) groups is 1. The Morgan fingerprint density at radius 1 is 1.23 bits per heavy atom. The van der Waals surface area contributed by atoms with E-state index < -0.39 is 0 Å². The van der Waals surface area contributed by atoms with Crippen molar-refractivity contribution in [3.63, 3.8) is 0 Å². The molecule has 1 aromatic carbocycles. The van der Waals surface area contributed by atoms with Crippen molar-refractivity contribution >= 4 is 44.5 Å². The highest BCUT2D eigenvalue weighted by molar-refractivity contribution is 9.10. The number of rotatable bonds is 4. The molecule has 0 spiro atoms. The third-order valence-electron chi connectivity index (χ3n) is 5.27. The van der Waals surface area contributed by atoms with Crippen LogP contribution in [0.1, 0.15) is 51.9 Å². The van der Waals surface area contributed by atoms with Gasteiger partial charge in [0.2, 0.25) is 5.91 Å². The molecule has 1 aliphatic carbocycles. The molecule has 26 heavy (non-hydrogen) atoms. The van der Waals surface area contributed by atoms with Crippen molar-refractivity contribution in [3.8, 4) is 0 Å². The SMILES string of the molecule is CC1SC(=NC2CCCCCC2)N(C)C1CC(=O)Nc1ccc(Br)cc1. The lowest BCUT2D eigenvalue weighted by Gasteiger charge is -2.23. The predicted octanol–water partition coefficient (Wildman–Crippen LogP) is 5.29. The number of amidine groups is 1. The van der Waals surface area contributed by atoms with E-state index in [0.29, 0.717) is 17.7 Å². The van der Waals surface area contributed by atoms with Crippen LogP contribution < -0.4 is 5.32 Å². The first-order chi connectivity index (χ1) is 12.5. The Morgan fingerprint density at radius 2 is 1.88 bits per heavy atom. The van der Waals surface area contributed by atoms with Crippen LogP contribution in [-0.2, 0) is 4.79 Å². The van der Waals surface area contributed by atoms with Gasteiger partial charge in [-0.2, -0.15) is 0 Å². The highest BCUT2D eigenvalue weighted by Crippen LogP contribution is 2.33. The molecule has 6 heteroatoms. The summed E-state index contributed by atoms with van der Waals surface area (Å²) in [5.74, 6) is 0.0624. The Bertz CT molecular complexity index is 641. The lowest BCUT2D eigenvalue weighted by Crippen LogP contribution is -2.36. The third-order valence-corrected chi connectivity index (χ3v) is 7.09. The first-order valence-corrected chi connectivity index (χ1v) is 11.2. The number of halogens is 1. The van der Waals surface area contributed by atoms with Crippen LogP contribution in [-0.4, -0.2) is 40.4 Å². The van der Waals surface area contributed by atoms with Gasteiger partial charge in [-0.05, 0) is 37.1 Å². The second kappa shape index (κ2) is 9.27. The van der Waals surface area contributed by atoms with Gasteiger partial charge in [-0.15, -0.1) is 0 Å². The molecular formula is C20H28BrN3OS. The topological polar surface area (TPSA) is 44.7 Å². The van der Waals surface area contributed by atoms with E-state index in [1.807, 2.05) is 36.0 Å². The second-order valence-corrected chi connectivity index (χ2v) is 9.58. The summed E-state index contributed by atoms with van der Waals surface area (Å²) in [6.45, 7) is 2.20. The number of hydrogen-bond acceptors (Lipinski definition) is 3. The molecule has 1 N–H and O–H groups in total. The number of benzene rings is 1. The number of carbonyl (C=O) groups excluding carboxylic acids is 1. The minimum atomic E-state index is 0.0624. The lowest BCUT2D eigenvalue weighted by molar-refractivity contribution is -0.117. The normalized spacial score (nSPS) is 26.1. The fourth-order valence-electron chi connectivity index (χ4n) is 3.69. The van der Waals surface area contributed by atoms with Crippen molar-refractivity contribution in [2.75, 3.05) is 12.4 Å². The molecule has 4 nitrogen and oxygen atoms in total. The van der Waals surface area contributed by atoms with Crippen LogP contribution in [0.2, 0.25) is 0 Å². The maximum atomic E-state index is 12.5. The average Bonchev–Trinajstić information content (AvgIpc) is 2.81. The summed E-state index contributed by atoms with van der Waals surface area (Å²) in [5.41, 5.74) is 0.839. The Labute approximate surface area is 169 Å². The van der Waals surface area contributed by atoms with Gasteiger partial charge < -0.3 is 10.2 Å². The van der Waals surface area contributed by atoms with Crippen LogP contribution in [0.25, 0.3) is 0 Å². The van der Waals surface area contributed by atoms with Crippen LogP contribution >= 0.6 is 27.7 Å². The smallest absolute Gasteiger partial charge is 0.226 e. The van der Waals surface area contributed by atoms with E-state index in [0.717, 1.165) is 15.3 Å². The summed E-state index contributed by atoms with van der Waals surface area (Å²) in [5, 5.41) is 4.50. The summed E-state index contributed by atoms with van der Waals surface area (Å²) < 4.78 is 1.01. The maximum absolute atomic E-state index is 12.5. The van der Waals surface area contributed by atoms with E-state index in [9.17, 15) is 4.79 Å². The number of nitrogens with one attached hydrogen (secondary N) is 1. The zero-order valence-corrected chi connectivity index (χ0v) is 18.0. The molecule has 1 saturated heterocycles. The van der Waals surface area contributed by atoms with Crippen molar-refractivity contribution in [2.45, 2.75) is 69.2 Å². The van der Waals surface area contributed by atoms with E-state index in [4.69, 9.17) is 4.99 Å². The summed E-state index contributed by atoms with van der Waals surface area (Å²) in [6, 6.07) is 8.36. The van der Waals surface area contributed by atoms with Crippen molar-refractivity contribution in [2.24, 2.45) is 4.99 Å². The van der Waals surface area contributed by atoms with Gasteiger partial charge in [-0.25, -0.2) is 0 Å². The molecule has 1 heterocycles. The minimum absolute atomic E-state index is 0.0624. The summed E-state index contributed by atoms with van der Waals surface area (Å²) in [4.78, 5) is 19.8. The molecule has 2 aliphatic rings. The van der Waals surface area contributed by atoms with E-state index in [1.165, 1.54) is 38.5 Å². The molecule has 0 bridgehead atoms. The number of hydrogen-bond donors (Lipinski definition) is 1. The Hall–Kier alpha value is -1.01. The average molecular weight is 438 g/mol. The van der Waals surface area contributed by atoms with E-state index in [-0.39, 0.29) is 11.9 Å². The van der Waals surface area contributed by atoms with Gasteiger partial charge in [0.25, 0.3) is 0 Å². The highest BCUT2D eigenvalue weighted by atomic mass is 79.9. The zero-order valence-electron chi connectivity index (χ0n) is 15.6. The standard InChI is InChI=1S/C20H28BrN3OS/c1-14-18(13-19(25)22-17-11-9-15(21)10-12-17)24(2)20(26-14)23-16-7-5-3-4-6-8-16/h9-12,14,16,18H,3-8,13H2,1-2H3,(H,22,25). The summed E-state index contributed by atoms with van der Waals surface area (Å²) >= 11 is 5.24. The van der Waals surface area contributed by atoms with E-state index in [1.54, 1.807) is 0 Å². The fraction of sp³-hybridized carbons (Fsp3) is 0.600. The van der Waals surface area contributed by atoms with Gasteiger partial charge in [0.05, 0.1) is 12.1 Å². The second-order valence-electron chi connectivity index (χ2n) is 7.32. The van der Waals surface area contributed by atoms with Crippen LogP contribution in [0, 0.1) is 0 Å². The van der Waals surface area contributed by atoms with Crippen molar-refractivity contribution in [3.05, 3.63) is 28.7 Å². The Balaban J connectivity index is 1.59. The summed E-state index contributed by atoms with van der Waals surface area (Å²) in [6.07, 6.45) is 8.19. The Morgan fingerprint density at radius 3 is 2.54 bits per heavy atom. The van der Waals surface area contributed by atoms with E-state index >= 15 is 0 Å². The van der Waals surface area contributed by atoms with Crippen molar-refractivity contribution in [1.29, 1.82) is 0 Å².